The molecule has 0 amide bonds. The molecule has 0 unspecified atom stereocenters. The lowest BCUT2D eigenvalue weighted by atomic mass is 10.1. The van der Waals surface area contributed by atoms with Crippen molar-refractivity contribution in [3.63, 3.8) is 0 Å². The van der Waals surface area contributed by atoms with Gasteiger partial charge in [0.1, 0.15) is 0 Å². The number of ether oxygens (including phenoxy) is 1. The average molecular weight is 281 g/mol. The van der Waals surface area contributed by atoms with E-state index in [1.54, 1.807) is 18.3 Å². The maximum absolute atomic E-state index is 11.9. The summed E-state index contributed by atoms with van der Waals surface area (Å²) >= 11 is 0. The van der Waals surface area contributed by atoms with E-state index in [1.165, 1.54) is 36.7 Å². The summed E-state index contributed by atoms with van der Waals surface area (Å²) in [6.45, 7) is 3.08. The second-order valence-corrected chi connectivity index (χ2v) is 5.06. The molecule has 4 heteroatoms. The first-order chi connectivity index (χ1) is 9.79. The summed E-state index contributed by atoms with van der Waals surface area (Å²) in [7, 11) is 0. The minimum absolute atomic E-state index is 0.0406. The topological polar surface area (TPSA) is 51.5 Å². The van der Waals surface area contributed by atoms with Gasteiger partial charge >= 0.3 is 0 Å². The highest BCUT2D eigenvalue weighted by molar-refractivity contribution is 5.17. The van der Waals surface area contributed by atoms with Crippen molar-refractivity contribution in [1.82, 2.24) is 4.57 Å². The number of hydrogen-bond donors (Lipinski definition) is 1. The van der Waals surface area contributed by atoms with Crippen LogP contribution >= 0.6 is 0 Å². The molecule has 0 saturated carbocycles. The van der Waals surface area contributed by atoms with Crippen molar-refractivity contribution in [2.45, 2.75) is 58.4 Å². The number of nitrogens with zero attached hydrogens (tertiary/aromatic N) is 1. The number of aliphatic hydroxyl groups is 1. The molecule has 0 fully saturated rings. The Bertz CT molecular complexity index is 414. The van der Waals surface area contributed by atoms with Crippen LogP contribution in [0.4, 0.5) is 0 Å². The third kappa shape index (κ3) is 6.24. The van der Waals surface area contributed by atoms with Gasteiger partial charge in [0.15, 0.2) is 5.75 Å². The zero-order chi connectivity index (χ0) is 14.6. The minimum Gasteiger partial charge on any atom is -0.488 e. The summed E-state index contributed by atoms with van der Waals surface area (Å²) in [5, 5.41) is 8.87. The van der Waals surface area contributed by atoms with E-state index in [2.05, 4.69) is 6.92 Å². The molecule has 0 aliphatic rings. The van der Waals surface area contributed by atoms with Crippen molar-refractivity contribution in [1.29, 1.82) is 0 Å². The molecular weight excluding hydrogens is 254 g/mol. The van der Waals surface area contributed by atoms with Crippen molar-refractivity contribution in [3.05, 3.63) is 28.7 Å². The van der Waals surface area contributed by atoms with Crippen molar-refractivity contribution in [2.75, 3.05) is 13.2 Å². The first kappa shape index (κ1) is 16.8. The zero-order valence-electron chi connectivity index (χ0n) is 12.5. The number of aliphatic hydroxyl groups excluding tert-OH is 1. The van der Waals surface area contributed by atoms with E-state index in [4.69, 9.17) is 9.84 Å². The van der Waals surface area contributed by atoms with Crippen molar-refractivity contribution in [3.8, 4) is 5.75 Å². The molecule has 0 aliphatic carbocycles. The van der Waals surface area contributed by atoms with Crippen molar-refractivity contribution < 1.29 is 9.84 Å². The van der Waals surface area contributed by atoms with Gasteiger partial charge in [-0.1, -0.05) is 45.4 Å². The Kier molecular flexibility index (Phi) is 8.79. The fourth-order valence-corrected chi connectivity index (χ4v) is 2.15. The third-order valence-electron chi connectivity index (χ3n) is 3.33. The summed E-state index contributed by atoms with van der Waals surface area (Å²) in [6.07, 6.45) is 10.3. The number of rotatable bonds is 11. The molecule has 0 saturated heterocycles. The lowest BCUT2D eigenvalue weighted by Crippen LogP contribution is -2.22. The summed E-state index contributed by atoms with van der Waals surface area (Å²) in [5.41, 5.74) is -0.163. The molecule has 1 heterocycles. The van der Waals surface area contributed by atoms with E-state index in [-0.39, 0.29) is 12.2 Å². The van der Waals surface area contributed by atoms with Gasteiger partial charge in [0.2, 0.25) is 0 Å². The molecule has 114 valence electrons. The smallest absolute Gasteiger partial charge is 0.292 e. The van der Waals surface area contributed by atoms with Crippen LogP contribution in [0.1, 0.15) is 51.9 Å². The molecular formula is C16H27NO3. The molecule has 1 aromatic heterocycles. The lowest BCUT2D eigenvalue weighted by molar-refractivity contribution is 0.268. The van der Waals surface area contributed by atoms with Gasteiger partial charge in [0.05, 0.1) is 13.2 Å². The van der Waals surface area contributed by atoms with Crippen molar-refractivity contribution in [2.24, 2.45) is 0 Å². The van der Waals surface area contributed by atoms with Gasteiger partial charge in [0.25, 0.3) is 5.56 Å². The molecule has 0 spiro atoms. The van der Waals surface area contributed by atoms with Gasteiger partial charge in [-0.25, -0.2) is 0 Å². The molecule has 1 aromatic rings. The lowest BCUT2D eigenvalue weighted by Gasteiger charge is -2.08. The predicted molar refractivity (Wildman–Crippen MR) is 81.3 cm³/mol. The molecule has 20 heavy (non-hydrogen) atoms. The van der Waals surface area contributed by atoms with E-state index >= 15 is 0 Å². The molecule has 1 N–H and O–H groups in total. The fraction of sp³-hybridized carbons (Fsp3) is 0.688. The number of pyridine rings is 1. The summed E-state index contributed by atoms with van der Waals surface area (Å²) < 4.78 is 7.01. The summed E-state index contributed by atoms with van der Waals surface area (Å²) in [6, 6.07) is 3.47. The van der Waals surface area contributed by atoms with E-state index in [0.29, 0.717) is 18.9 Å². The van der Waals surface area contributed by atoms with Gasteiger partial charge in [-0.3, -0.25) is 4.79 Å². The molecule has 0 bridgehead atoms. The van der Waals surface area contributed by atoms with Gasteiger partial charge in [-0.2, -0.15) is 0 Å². The highest BCUT2D eigenvalue weighted by Gasteiger charge is 2.03. The Labute approximate surface area is 121 Å². The Balaban J connectivity index is 2.22. The molecule has 1 rings (SSSR count). The Morgan fingerprint density at radius 3 is 2.55 bits per heavy atom. The average Bonchev–Trinajstić information content (AvgIpc) is 2.45. The van der Waals surface area contributed by atoms with Crippen LogP contribution in [0.2, 0.25) is 0 Å². The molecule has 0 aliphatic heterocycles. The highest BCUT2D eigenvalue weighted by Crippen LogP contribution is 2.08. The second-order valence-electron chi connectivity index (χ2n) is 5.06. The van der Waals surface area contributed by atoms with Crippen LogP contribution < -0.4 is 10.3 Å². The SMILES string of the molecule is CCCCCCCCCOc1cccn(CCO)c1=O. The van der Waals surface area contributed by atoms with Gasteiger partial charge < -0.3 is 14.4 Å². The molecule has 0 atom stereocenters. The van der Waals surface area contributed by atoms with E-state index in [0.717, 1.165) is 12.8 Å². The standard InChI is InChI=1S/C16H27NO3/c1-2-3-4-5-6-7-8-14-20-15-10-9-11-17(12-13-18)16(15)19/h9-11,18H,2-8,12-14H2,1H3. The highest BCUT2D eigenvalue weighted by atomic mass is 16.5. The first-order valence-electron chi connectivity index (χ1n) is 7.72. The van der Waals surface area contributed by atoms with Crippen LogP contribution in [-0.4, -0.2) is 22.9 Å². The van der Waals surface area contributed by atoms with Crippen LogP contribution in [0, 0.1) is 0 Å². The van der Waals surface area contributed by atoms with E-state index < -0.39 is 0 Å². The molecule has 4 nitrogen and oxygen atoms in total. The third-order valence-corrected chi connectivity index (χ3v) is 3.33. The minimum atomic E-state index is -0.163. The number of aromatic nitrogens is 1. The van der Waals surface area contributed by atoms with Gasteiger partial charge in [-0.15, -0.1) is 0 Å². The van der Waals surface area contributed by atoms with Gasteiger partial charge in [-0.05, 0) is 18.6 Å². The quantitative estimate of drug-likeness (QED) is 0.634. The van der Waals surface area contributed by atoms with Crippen LogP contribution in [0.25, 0.3) is 0 Å². The van der Waals surface area contributed by atoms with Crippen molar-refractivity contribution >= 4 is 0 Å². The number of unbranched alkanes of at least 4 members (excludes halogenated alkanes) is 6. The monoisotopic (exact) mass is 281 g/mol. The predicted octanol–water partition coefficient (Wildman–Crippen LogP) is 2.97. The summed E-state index contributed by atoms with van der Waals surface area (Å²) in [4.78, 5) is 11.9. The van der Waals surface area contributed by atoms with Crippen LogP contribution in [-0.2, 0) is 6.54 Å². The molecule has 0 radical (unpaired) electrons. The second kappa shape index (κ2) is 10.5. The zero-order valence-corrected chi connectivity index (χ0v) is 12.5. The Morgan fingerprint density at radius 2 is 1.85 bits per heavy atom. The summed E-state index contributed by atoms with van der Waals surface area (Å²) in [5.74, 6) is 0.381. The fourth-order valence-electron chi connectivity index (χ4n) is 2.15. The van der Waals surface area contributed by atoms with Gasteiger partial charge in [0, 0.05) is 12.7 Å². The number of hydrogen-bond acceptors (Lipinski definition) is 3. The maximum Gasteiger partial charge on any atom is 0.292 e. The maximum atomic E-state index is 11.9. The van der Waals surface area contributed by atoms with E-state index in [9.17, 15) is 4.79 Å². The molecule has 0 aromatic carbocycles. The van der Waals surface area contributed by atoms with Crippen LogP contribution in [0.15, 0.2) is 23.1 Å². The first-order valence-corrected chi connectivity index (χ1v) is 7.72. The largest absolute Gasteiger partial charge is 0.488 e. The Hall–Kier alpha value is -1.29. The Morgan fingerprint density at radius 1 is 1.15 bits per heavy atom. The normalized spacial score (nSPS) is 10.7. The van der Waals surface area contributed by atoms with Crippen LogP contribution in [0.3, 0.4) is 0 Å². The van der Waals surface area contributed by atoms with E-state index in [1.807, 2.05) is 0 Å². The van der Waals surface area contributed by atoms with Crippen LogP contribution in [0.5, 0.6) is 5.75 Å².